The van der Waals surface area contributed by atoms with E-state index in [1.165, 1.54) is 23.9 Å². The van der Waals surface area contributed by atoms with Crippen molar-refractivity contribution in [2.24, 2.45) is 0 Å². The number of hydrogen-bond acceptors (Lipinski definition) is 7. The molecule has 2 heterocycles. The van der Waals surface area contributed by atoms with Crippen LogP contribution in [0.5, 0.6) is 11.5 Å². The smallest absolute Gasteiger partial charge is 0.275 e. The Hall–Kier alpha value is -2.48. The van der Waals surface area contributed by atoms with Gasteiger partial charge in [0.15, 0.2) is 11.5 Å². The first kappa shape index (κ1) is 13.5. The average molecular weight is 305 g/mol. The third kappa shape index (κ3) is 3.00. The highest BCUT2D eigenvalue weighted by Gasteiger charge is 2.14. The van der Waals surface area contributed by atoms with Gasteiger partial charge in [-0.1, -0.05) is 11.8 Å². The van der Waals surface area contributed by atoms with E-state index in [2.05, 4.69) is 4.98 Å². The minimum atomic E-state index is -0.494. The molecule has 0 radical (unpaired) electrons. The van der Waals surface area contributed by atoms with Crippen LogP contribution in [0, 0.1) is 10.1 Å². The number of fused-ring (bicyclic) bond motifs is 1. The molecule has 1 aliphatic rings. The highest BCUT2D eigenvalue weighted by atomic mass is 32.2. The molecule has 0 fully saturated rings. The number of benzene rings is 1. The number of rotatable bonds is 3. The van der Waals surface area contributed by atoms with Crippen molar-refractivity contribution in [1.29, 1.82) is 0 Å². The van der Waals surface area contributed by atoms with E-state index in [1.54, 1.807) is 6.07 Å². The molecule has 2 aromatic rings. The van der Waals surface area contributed by atoms with E-state index in [1.807, 2.05) is 12.1 Å². The van der Waals surface area contributed by atoms with E-state index in [-0.39, 0.29) is 11.5 Å². The van der Waals surface area contributed by atoms with Crippen molar-refractivity contribution in [2.75, 3.05) is 18.9 Å². The predicted molar refractivity (Wildman–Crippen MR) is 76.9 cm³/mol. The molecular formula is C13H11N3O4S. The van der Waals surface area contributed by atoms with Gasteiger partial charge in [-0.15, -0.1) is 0 Å². The number of ether oxygens (including phenoxy) is 2. The lowest BCUT2D eigenvalue weighted by atomic mass is 10.3. The second-order valence-electron chi connectivity index (χ2n) is 4.25. The van der Waals surface area contributed by atoms with E-state index in [0.717, 1.165) is 4.90 Å². The summed E-state index contributed by atoms with van der Waals surface area (Å²) in [6.45, 7) is 1.03. The summed E-state index contributed by atoms with van der Waals surface area (Å²) in [5.74, 6) is 1.46. The van der Waals surface area contributed by atoms with Crippen LogP contribution >= 0.6 is 11.8 Å². The van der Waals surface area contributed by atoms with Gasteiger partial charge in [-0.05, 0) is 18.2 Å². The Balaban J connectivity index is 1.88. The zero-order valence-corrected chi connectivity index (χ0v) is 11.6. The molecule has 0 aliphatic carbocycles. The van der Waals surface area contributed by atoms with E-state index < -0.39 is 4.92 Å². The zero-order valence-electron chi connectivity index (χ0n) is 10.8. The first-order valence-corrected chi connectivity index (χ1v) is 6.93. The summed E-state index contributed by atoms with van der Waals surface area (Å²) in [6, 6.07) is 8.08. The molecule has 2 N–H and O–H groups in total. The maximum absolute atomic E-state index is 10.8. The van der Waals surface area contributed by atoms with Crippen LogP contribution in [0.1, 0.15) is 0 Å². The molecule has 3 rings (SSSR count). The average Bonchev–Trinajstić information content (AvgIpc) is 2.46. The van der Waals surface area contributed by atoms with Crippen LogP contribution in [0.4, 0.5) is 11.5 Å². The van der Waals surface area contributed by atoms with Crippen LogP contribution in [0.15, 0.2) is 40.3 Å². The number of aromatic nitrogens is 1. The normalized spacial score (nSPS) is 13.0. The van der Waals surface area contributed by atoms with Crippen molar-refractivity contribution >= 4 is 23.3 Å². The second-order valence-corrected chi connectivity index (χ2v) is 5.35. The molecule has 108 valence electrons. The summed E-state index contributed by atoms with van der Waals surface area (Å²) >= 11 is 1.28. The summed E-state index contributed by atoms with van der Waals surface area (Å²) in [7, 11) is 0. The fourth-order valence-corrected chi connectivity index (χ4v) is 2.75. The highest BCUT2D eigenvalue weighted by molar-refractivity contribution is 7.99. The van der Waals surface area contributed by atoms with Gasteiger partial charge in [0.2, 0.25) is 0 Å². The summed E-state index contributed by atoms with van der Waals surface area (Å²) < 4.78 is 10.9. The molecular weight excluding hydrogens is 294 g/mol. The Labute approximate surface area is 124 Å². The van der Waals surface area contributed by atoms with Crippen LogP contribution in [0.2, 0.25) is 0 Å². The fraction of sp³-hybridized carbons (Fsp3) is 0.154. The van der Waals surface area contributed by atoms with Crippen LogP contribution < -0.4 is 15.2 Å². The molecule has 0 amide bonds. The van der Waals surface area contributed by atoms with E-state index in [4.69, 9.17) is 15.2 Å². The Kier molecular flexibility index (Phi) is 3.53. The monoisotopic (exact) mass is 305 g/mol. The highest BCUT2D eigenvalue weighted by Crippen LogP contribution is 2.37. The van der Waals surface area contributed by atoms with Crippen molar-refractivity contribution in [3.8, 4) is 11.5 Å². The molecule has 0 saturated heterocycles. The number of anilines is 1. The Morgan fingerprint density at radius 2 is 1.95 bits per heavy atom. The Morgan fingerprint density at radius 1 is 1.19 bits per heavy atom. The van der Waals surface area contributed by atoms with Gasteiger partial charge >= 0.3 is 0 Å². The van der Waals surface area contributed by atoms with Crippen molar-refractivity contribution in [3.63, 3.8) is 0 Å². The predicted octanol–water partition coefficient (Wildman–Crippen LogP) is 2.49. The first-order chi connectivity index (χ1) is 10.1. The van der Waals surface area contributed by atoms with Gasteiger partial charge in [0.05, 0.1) is 11.0 Å². The maximum Gasteiger partial charge on any atom is 0.275 e. The summed E-state index contributed by atoms with van der Waals surface area (Å²) in [5, 5.41) is 11.3. The van der Waals surface area contributed by atoms with Gasteiger partial charge in [0.1, 0.15) is 24.1 Å². The summed E-state index contributed by atoms with van der Waals surface area (Å²) in [4.78, 5) is 15.3. The SMILES string of the molecule is Nc1cc([N+](=O)[O-])cc(Sc2ccc3c(c2)OCCO3)n1. The van der Waals surface area contributed by atoms with Gasteiger partial charge in [-0.2, -0.15) is 0 Å². The van der Waals surface area contributed by atoms with Crippen molar-refractivity contribution in [1.82, 2.24) is 4.98 Å². The second kappa shape index (κ2) is 5.49. The van der Waals surface area contributed by atoms with Gasteiger partial charge in [0.25, 0.3) is 5.69 Å². The maximum atomic E-state index is 10.8. The fourth-order valence-electron chi connectivity index (χ4n) is 1.88. The van der Waals surface area contributed by atoms with Crippen molar-refractivity contribution < 1.29 is 14.4 Å². The lowest BCUT2D eigenvalue weighted by Gasteiger charge is -2.18. The molecule has 1 aliphatic heterocycles. The molecule has 0 spiro atoms. The topological polar surface area (TPSA) is 101 Å². The molecule has 1 aromatic carbocycles. The largest absolute Gasteiger partial charge is 0.486 e. The molecule has 0 bridgehead atoms. The molecule has 0 unspecified atom stereocenters. The van der Waals surface area contributed by atoms with Gasteiger partial charge in [-0.25, -0.2) is 4.98 Å². The van der Waals surface area contributed by atoms with Gasteiger partial charge < -0.3 is 15.2 Å². The van der Waals surface area contributed by atoms with E-state index >= 15 is 0 Å². The quantitative estimate of drug-likeness (QED) is 0.686. The number of nitrogens with two attached hydrogens (primary N) is 1. The van der Waals surface area contributed by atoms with Crippen LogP contribution in [-0.2, 0) is 0 Å². The molecule has 0 atom stereocenters. The lowest BCUT2D eigenvalue weighted by Crippen LogP contribution is -2.15. The Bertz CT molecular complexity index is 708. The van der Waals surface area contributed by atoms with Crippen molar-refractivity contribution in [3.05, 3.63) is 40.4 Å². The third-order valence-corrected chi connectivity index (χ3v) is 3.66. The Morgan fingerprint density at radius 3 is 2.71 bits per heavy atom. The molecule has 0 saturated carbocycles. The number of hydrogen-bond donors (Lipinski definition) is 1. The summed E-state index contributed by atoms with van der Waals surface area (Å²) in [5.41, 5.74) is 5.51. The minimum absolute atomic E-state index is 0.0810. The molecule has 7 nitrogen and oxygen atoms in total. The van der Waals surface area contributed by atoms with Crippen LogP contribution in [0.25, 0.3) is 0 Å². The number of pyridine rings is 1. The lowest BCUT2D eigenvalue weighted by molar-refractivity contribution is -0.385. The van der Waals surface area contributed by atoms with E-state index in [9.17, 15) is 10.1 Å². The third-order valence-electron chi connectivity index (χ3n) is 2.75. The minimum Gasteiger partial charge on any atom is -0.486 e. The number of nitrogen functional groups attached to an aromatic ring is 1. The van der Waals surface area contributed by atoms with Crippen LogP contribution in [-0.4, -0.2) is 23.1 Å². The van der Waals surface area contributed by atoms with Gasteiger partial charge in [0, 0.05) is 11.0 Å². The zero-order chi connectivity index (χ0) is 14.8. The molecule has 8 heteroatoms. The number of nitro groups is 1. The van der Waals surface area contributed by atoms with E-state index in [0.29, 0.717) is 29.7 Å². The first-order valence-electron chi connectivity index (χ1n) is 6.11. The van der Waals surface area contributed by atoms with Crippen LogP contribution in [0.3, 0.4) is 0 Å². The summed E-state index contributed by atoms with van der Waals surface area (Å²) in [6.07, 6.45) is 0. The van der Waals surface area contributed by atoms with Crippen molar-refractivity contribution in [2.45, 2.75) is 9.92 Å². The standard InChI is InChI=1S/C13H11N3O4S/c14-12-5-8(16(17)18)6-13(15-12)21-9-1-2-10-11(7-9)20-4-3-19-10/h1-2,5-7H,3-4H2,(H2,14,15). The number of nitrogens with zero attached hydrogens (tertiary/aromatic N) is 2. The van der Waals surface area contributed by atoms with Gasteiger partial charge in [-0.3, -0.25) is 10.1 Å². The molecule has 21 heavy (non-hydrogen) atoms. The molecule has 1 aromatic heterocycles.